The summed E-state index contributed by atoms with van der Waals surface area (Å²) in [7, 11) is 3.47. The van der Waals surface area contributed by atoms with E-state index >= 15 is 0 Å². The highest BCUT2D eigenvalue weighted by molar-refractivity contribution is 5.94. The molecule has 39 heavy (non-hydrogen) atoms. The number of hydrogen-bond acceptors (Lipinski definition) is 4. The van der Waals surface area contributed by atoms with Crippen LogP contribution in [0.5, 0.6) is 0 Å². The van der Waals surface area contributed by atoms with Crippen molar-refractivity contribution in [2.24, 2.45) is 11.8 Å². The minimum absolute atomic E-state index is 0.0220. The van der Waals surface area contributed by atoms with Gasteiger partial charge in [0, 0.05) is 57.1 Å². The van der Waals surface area contributed by atoms with Crippen molar-refractivity contribution in [3.63, 3.8) is 0 Å². The number of carbonyl (C=O) groups is 2. The van der Waals surface area contributed by atoms with Crippen LogP contribution < -0.4 is 4.90 Å². The average molecular weight is 546 g/mol. The Morgan fingerprint density at radius 3 is 2.00 bits per heavy atom. The summed E-state index contributed by atoms with van der Waals surface area (Å²) in [4.78, 5) is 30.2. The minimum atomic E-state index is -5.12. The number of alkyl halides is 3. The molecule has 2 aliphatic rings. The molecule has 2 saturated heterocycles. The van der Waals surface area contributed by atoms with Crippen LogP contribution in [0.1, 0.15) is 53.6 Å². The second-order valence-electron chi connectivity index (χ2n) is 11.2. The fourth-order valence-corrected chi connectivity index (χ4v) is 5.85. The molecule has 2 fully saturated rings. The smallest absolute Gasteiger partial charge is 0.372 e. The molecule has 2 aliphatic heterocycles. The Hall–Kier alpha value is -3.07. The van der Waals surface area contributed by atoms with Gasteiger partial charge in [-0.15, -0.1) is 0 Å². The molecular weight excluding hydrogens is 507 g/mol. The standard InChI is InChI=1S/C30H38F3N3O3/c1-21-5-4-6-25(19-21)29(39,30(31,32)33)28(38)36-17-13-23(14-18-36)20-22-11-15-35(16-12-22)26-9-7-24(8-10-26)27(37)34(2)3/h4-10,19,22-23,39H,11-18,20H2,1-3H3/t29-/m1/s1. The number of nitrogens with zero attached hydrogens (tertiary/aromatic N) is 3. The predicted octanol–water partition coefficient (Wildman–Crippen LogP) is 4.99. The van der Waals surface area contributed by atoms with Gasteiger partial charge < -0.3 is 19.8 Å². The maximum absolute atomic E-state index is 14.0. The minimum Gasteiger partial charge on any atom is -0.372 e. The maximum atomic E-state index is 14.0. The predicted molar refractivity (Wildman–Crippen MR) is 144 cm³/mol. The summed E-state index contributed by atoms with van der Waals surface area (Å²) in [5.74, 6) is -0.431. The number of aryl methyl sites for hydroxylation is 1. The van der Waals surface area contributed by atoms with E-state index in [9.17, 15) is 27.9 Å². The van der Waals surface area contributed by atoms with Gasteiger partial charge in [-0.05, 0) is 75.1 Å². The van der Waals surface area contributed by atoms with Gasteiger partial charge in [-0.3, -0.25) is 9.59 Å². The van der Waals surface area contributed by atoms with Crippen molar-refractivity contribution in [2.45, 2.75) is 50.8 Å². The average Bonchev–Trinajstić information content (AvgIpc) is 2.92. The van der Waals surface area contributed by atoms with E-state index in [1.54, 1.807) is 32.0 Å². The number of benzene rings is 2. The number of piperidine rings is 2. The lowest BCUT2D eigenvalue weighted by Crippen LogP contribution is -2.57. The molecule has 2 aromatic carbocycles. The number of halogens is 3. The van der Waals surface area contributed by atoms with Crippen molar-refractivity contribution < 1.29 is 27.9 Å². The highest BCUT2D eigenvalue weighted by Crippen LogP contribution is 2.42. The molecule has 2 amide bonds. The molecule has 0 unspecified atom stereocenters. The van der Waals surface area contributed by atoms with Gasteiger partial charge in [0.1, 0.15) is 0 Å². The third-order valence-electron chi connectivity index (χ3n) is 8.22. The Bertz CT molecular complexity index is 1150. The molecule has 9 heteroatoms. The number of anilines is 1. The van der Waals surface area contributed by atoms with Crippen molar-refractivity contribution in [3.05, 3.63) is 65.2 Å². The maximum Gasteiger partial charge on any atom is 0.430 e. The van der Waals surface area contributed by atoms with Crippen LogP contribution in [0.15, 0.2) is 48.5 Å². The third-order valence-corrected chi connectivity index (χ3v) is 8.22. The van der Waals surface area contributed by atoms with Gasteiger partial charge >= 0.3 is 6.18 Å². The third kappa shape index (κ3) is 6.24. The summed E-state index contributed by atoms with van der Waals surface area (Å²) in [6.07, 6.45) is -0.806. The van der Waals surface area contributed by atoms with E-state index in [0.717, 1.165) is 44.1 Å². The monoisotopic (exact) mass is 545 g/mol. The number of carbonyl (C=O) groups excluding carboxylic acids is 2. The van der Waals surface area contributed by atoms with E-state index in [-0.39, 0.29) is 19.0 Å². The Kier molecular flexibility index (Phi) is 8.59. The highest BCUT2D eigenvalue weighted by atomic mass is 19.4. The molecule has 0 aliphatic carbocycles. The summed E-state index contributed by atoms with van der Waals surface area (Å²) in [6.45, 7) is 3.89. The summed E-state index contributed by atoms with van der Waals surface area (Å²) in [5, 5.41) is 10.7. The van der Waals surface area contributed by atoms with Crippen LogP contribution in [0.25, 0.3) is 0 Å². The molecule has 2 heterocycles. The van der Waals surface area contributed by atoms with Crippen LogP contribution in [-0.2, 0) is 10.4 Å². The highest BCUT2D eigenvalue weighted by Gasteiger charge is 2.62. The van der Waals surface area contributed by atoms with Crippen LogP contribution in [-0.4, -0.2) is 73.2 Å². The number of hydrogen-bond donors (Lipinski definition) is 1. The Balaban J connectivity index is 1.29. The van der Waals surface area contributed by atoms with Gasteiger partial charge in [-0.1, -0.05) is 29.8 Å². The van der Waals surface area contributed by atoms with Crippen LogP contribution in [0, 0.1) is 18.8 Å². The molecular formula is C30H38F3N3O3. The number of rotatable bonds is 6. The normalized spacial score (nSPS) is 19.1. The summed E-state index contributed by atoms with van der Waals surface area (Å²) in [5.41, 5.74) is -1.68. The van der Waals surface area contributed by atoms with Crippen LogP contribution >= 0.6 is 0 Å². The van der Waals surface area contributed by atoms with E-state index in [1.165, 1.54) is 17.0 Å². The molecule has 212 valence electrons. The van der Waals surface area contributed by atoms with E-state index < -0.39 is 23.2 Å². The van der Waals surface area contributed by atoms with Gasteiger partial charge in [0.05, 0.1) is 0 Å². The Morgan fingerprint density at radius 1 is 0.923 bits per heavy atom. The molecule has 0 saturated carbocycles. The zero-order chi connectivity index (χ0) is 28.4. The molecule has 6 nitrogen and oxygen atoms in total. The van der Waals surface area contributed by atoms with Gasteiger partial charge in [-0.2, -0.15) is 13.2 Å². The number of amides is 2. The summed E-state index contributed by atoms with van der Waals surface area (Å²) >= 11 is 0. The first-order valence-corrected chi connectivity index (χ1v) is 13.6. The Labute approximate surface area is 228 Å². The quantitative estimate of drug-likeness (QED) is 0.556. The van der Waals surface area contributed by atoms with Crippen molar-refractivity contribution in [1.82, 2.24) is 9.80 Å². The zero-order valence-electron chi connectivity index (χ0n) is 22.9. The summed E-state index contributed by atoms with van der Waals surface area (Å²) < 4.78 is 42.1. The van der Waals surface area contributed by atoms with Crippen molar-refractivity contribution in [1.29, 1.82) is 0 Å². The lowest BCUT2D eigenvalue weighted by Gasteiger charge is -2.40. The molecule has 0 spiro atoms. The molecule has 0 radical (unpaired) electrons. The van der Waals surface area contributed by atoms with Crippen molar-refractivity contribution in [3.8, 4) is 0 Å². The van der Waals surface area contributed by atoms with Gasteiger partial charge in [0.15, 0.2) is 0 Å². The molecule has 2 aromatic rings. The first-order chi connectivity index (χ1) is 18.4. The van der Waals surface area contributed by atoms with Crippen molar-refractivity contribution >= 4 is 17.5 Å². The molecule has 0 bridgehead atoms. The van der Waals surface area contributed by atoms with E-state index in [1.807, 2.05) is 24.3 Å². The van der Waals surface area contributed by atoms with Crippen LogP contribution in [0.3, 0.4) is 0 Å². The largest absolute Gasteiger partial charge is 0.430 e. The van der Waals surface area contributed by atoms with E-state index in [0.29, 0.717) is 35.8 Å². The van der Waals surface area contributed by atoms with Gasteiger partial charge in [0.2, 0.25) is 0 Å². The first kappa shape index (κ1) is 28.9. The fraction of sp³-hybridized carbons (Fsp3) is 0.533. The lowest BCUT2D eigenvalue weighted by atomic mass is 9.82. The second kappa shape index (κ2) is 11.6. The molecule has 1 atom stereocenters. The van der Waals surface area contributed by atoms with E-state index in [4.69, 9.17) is 0 Å². The Morgan fingerprint density at radius 2 is 1.49 bits per heavy atom. The lowest BCUT2D eigenvalue weighted by molar-refractivity contribution is -0.262. The van der Waals surface area contributed by atoms with Gasteiger partial charge in [0.25, 0.3) is 17.4 Å². The molecule has 0 aromatic heterocycles. The zero-order valence-corrected chi connectivity index (χ0v) is 22.9. The first-order valence-electron chi connectivity index (χ1n) is 13.6. The van der Waals surface area contributed by atoms with Crippen LogP contribution in [0.2, 0.25) is 0 Å². The number of aliphatic hydroxyl groups is 1. The SMILES string of the molecule is Cc1cccc([C@@](O)(C(=O)N2CCC(CC3CCN(c4ccc(C(=O)N(C)C)cc4)CC3)CC2)C(F)(F)F)c1. The number of likely N-dealkylation sites (tertiary alicyclic amines) is 1. The summed E-state index contributed by atoms with van der Waals surface area (Å²) in [6, 6.07) is 13.1. The van der Waals surface area contributed by atoms with Crippen molar-refractivity contribution in [2.75, 3.05) is 45.2 Å². The van der Waals surface area contributed by atoms with Crippen LogP contribution in [0.4, 0.5) is 18.9 Å². The molecule has 1 N–H and O–H groups in total. The molecule has 4 rings (SSSR count). The topological polar surface area (TPSA) is 64.1 Å². The van der Waals surface area contributed by atoms with E-state index in [2.05, 4.69) is 4.90 Å². The van der Waals surface area contributed by atoms with Gasteiger partial charge in [-0.25, -0.2) is 0 Å². The fourth-order valence-electron chi connectivity index (χ4n) is 5.85. The second-order valence-corrected chi connectivity index (χ2v) is 11.2.